The number of alkyl halides is 3. The topological polar surface area (TPSA) is 78.9 Å². The predicted octanol–water partition coefficient (Wildman–Crippen LogP) is 2.87. The highest BCUT2D eigenvalue weighted by atomic mass is 19.4. The molecule has 2 saturated heterocycles. The molecule has 2 fully saturated rings. The number of hydrogen-bond donors (Lipinski definition) is 2. The normalized spacial score (nSPS) is 29.8. The van der Waals surface area contributed by atoms with E-state index in [0.717, 1.165) is 17.7 Å². The molecule has 2 rings (SSSR count). The molecule has 150 valence electrons. The number of urea groups is 1. The van der Waals surface area contributed by atoms with E-state index in [1.54, 1.807) is 0 Å². The molecule has 2 unspecified atom stereocenters. The summed E-state index contributed by atoms with van der Waals surface area (Å²) in [6.07, 6.45) is -1.48. The fraction of sp³-hybridized carbons (Fsp3) is 0.882. The lowest BCUT2D eigenvalue weighted by molar-refractivity contribution is -0.187. The van der Waals surface area contributed by atoms with E-state index in [1.165, 1.54) is 0 Å². The molecule has 26 heavy (non-hydrogen) atoms. The monoisotopic (exact) mass is 380 g/mol. The maximum absolute atomic E-state index is 13.0. The SMILES string of the molecule is CCC(CC)C1CC(NC(=O)N2C[C@@H](C(F)(F)F)[C@H](C(=O)O)C2)CCO1. The zero-order valence-corrected chi connectivity index (χ0v) is 15.1. The molecule has 2 amide bonds. The average Bonchev–Trinajstić information content (AvgIpc) is 3.02. The van der Waals surface area contributed by atoms with Gasteiger partial charge in [0.1, 0.15) is 0 Å². The molecule has 0 aliphatic carbocycles. The molecule has 2 heterocycles. The Kier molecular flexibility index (Phi) is 6.76. The number of rotatable bonds is 5. The summed E-state index contributed by atoms with van der Waals surface area (Å²) in [5.74, 6) is -4.79. The van der Waals surface area contributed by atoms with Crippen molar-refractivity contribution in [2.75, 3.05) is 19.7 Å². The third-order valence-corrected chi connectivity index (χ3v) is 5.56. The second-order valence-electron chi connectivity index (χ2n) is 7.15. The third-order valence-electron chi connectivity index (χ3n) is 5.56. The summed E-state index contributed by atoms with van der Waals surface area (Å²) in [6.45, 7) is 3.60. The molecule has 2 aliphatic rings. The maximum atomic E-state index is 13.0. The van der Waals surface area contributed by atoms with Gasteiger partial charge in [-0.15, -0.1) is 0 Å². The van der Waals surface area contributed by atoms with Crippen LogP contribution in [0.5, 0.6) is 0 Å². The molecular weight excluding hydrogens is 353 g/mol. The summed E-state index contributed by atoms with van der Waals surface area (Å²) in [7, 11) is 0. The van der Waals surface area contributed by atoms with Crippen molar-refractivity contribution in [2.45, 2.75) is 57.9 Å². The Morgan fingerprint density at radius 3 is 2.42 bits per heavy atom. The molecule has 0 aromatic rings. The van der Waals surface area contributed by atoms with Crippen LogP contribution in [-0.4, -0.2) is 60.0 Å². The molecule has 0 saturated carbocycles. The zero-order valence-electron chi connectivity index (χ0n) is 15.1. The Morgan fingerprint density at radius 1 is 1.27 bits per heavy atom. The number of nitrogens with zero attached hydrogens (tertiary/aromatic N) is 1. The minimum atomic E-state index is -4.64. The van der Waals surface area contributed by atoms with Gasteiger partial charge in [0.2, 0.25) is 0 Å². The number of hydrogen-bond acceptors (Lipinski definition) is 3. The van der Waals surface area contributed by atoms with Crippen LogP contribution in [0.1, 0.15) is 39.5 Å². The summed E-state index contributed by atoms with van der Waals surface area (Å²) in [6, 6.07) is -0.798. The van der Waals surface area contributed by atoms with Gasteiger partial charge in [-0.1, -0.05) is 26.7 Å². The molecule has 9 heteroatoms. The molecule has 2 N–H and O–H groups in total. The van der Waals surface area contributed by atoms with E-state index in [9.17, 15) is 22.8 Å². The minimum absolute atomic E-state index is 0.0253. The van der Waals surface area contributed by atoms with E-state index in [1.807, 2.05) is 0 Å². The lowest BCUT2D eigenvalue weighted by Crippen LogP contribution is -2.48. The van der Waals surface area contributed by atoms with Gasteiger partial charge in [-0.2, -0.15) is 13.2 Å². The van der Waals surface area contributed by atoms with Crippen molar-refractivity contribution in [2.24, 2.45) is 17.8 Å². The van der Waals surface area contributed by atoms with E-state index in [-0.39, 0.29) is 12.1 Å². The number of nitrogens with one attached hydrogen (secondary N) is 1. The first-order valence-corrected chi connectivity index (χ1v) is 9.13. The zero-order chi connectivity index (χ0) is 19.5. The van der Waals surface area contributed by atoms with E-state index in [0.29, 0.717) is 25.4 Å². The van der Waals surface area contributed by atoms with E-state index in [2.05, 4.69) is 19.2 Å². The fourth-order valence-corrected chi connectivity index (χ4v) is 3.92. The van der Waals surface area contributed by atoms with Crippen LogP contribution >= 0.6 is 0 Å². The summed E-state index contributed by atoms with van der Waals surface area (Å²) in [5.41, 5.74) is 0. The lowest BCUT2D eigenvalue weighted by Gasteiger charge is -2.35. The van der Waals surface area contributed by atoms with Crippen LogP contribution in [0.4, 0.5) is 18.0 Å². The highest BCUT2D eigenvalue weighted by Gasteiger charge is 2.53. The van der Waals surface area contributed by atoms with Crippen molar-refractivity contribution < 1.29 is 32.6 Å². The Hall–Kier alpha value is -1.51. The summed E-state index contributed by atoms with van der Waals surface area (Å²) in [5, 5.41) is 11.8. The van der Waals surface area contributed by atoms with Crippen molar-refractivity contribution in [3.8, 4) is 0 Å². The number of ether oxygens (including phenoxy) is 1. The van der Waals surface area contributed by atoms with Crippen LogP contribution in [0.3, 0.4) is 0 Å². The largest absolute Gasteiger partial charge is 0.481 e. The first-order chi connectivity index (χ1) is 12.2. The van der Waals surface area contributed by atoms with Crippen LogP contribution < -0.4 is 5.32 Å². The number of carbonyl (C=O) groups excluding carboxylic acids is 1. The van der Waals surface area contributed by atoms with E-state index >= 15 is 0 Å². The second kappa shape index (κ2) is 8.45. The van der Waals surface area contributed by atoms with Crippen LogP contribution in [-0.2, 0) is 9.53 Å². The molecule has 0 radical (unpaired) electrons. The van der Waals surface area contributed by atoms with E-state index in [4.69, 9.17) is 9.84 Å². The van der Waals surface area contributed by atoms with Crippen molar-refractivity contribution in [1.29, 1.82) is 0 Å². The second-order valence-corrected chi connectivity index (χ2v) is 7.15. The number of aliphatic carboxylic acids is 1. The lowest BCUT2D eigenvalue weighted by atomic mass is 9.89. The molecule has 0 aromatic heterocycles. The standard InChI is InChI=1S/C17H27F3N2O4/c1-3-10(4-2)14-7-11(5-6-26-14)21-16(25)22-8-12(15(23)24)13(9-22)17(18,19)20/h10-14H,3-9H2,1-2H3,(H,21,25)(H,23,24)/t11?,12-,13-,14?/m1/s1. The van der Waals surface area contributed by atoms with Crippen LogP contribution in [0.2, 0.25) is 0 Å². The van der Waals surface area contributed by atoms with E-state index < -0.39 is 43.1 Å². The number of amides is 2. The Bertz CT molecular complexity index is 511. The van der Waals surface area contributed by atoms with Gasteiger partial charge >= 0.3 is 18.2 Å². The number of carboxylic acids is 1. The smallest absolute Gasteiger partial charge is 0.394 e. The number of likely N-dealkylation sites (tertiary alicyclic amines) is 1. The number of carbonyl (C=O) groups is 2. The van der Waals surface area contributed by atoms with Gasteiger partial charge in [-0.25, -0.2) is 4.79 Å². The summed E-state index contributed by atoms with van der Waals surface area (Å²) < 4.78 is 44.9. The summed E-state index contributed by atoms with van der Waals surface area (Å²) in [4.78, 5) is 24.5. The first kappa shape index (κ1) is 20.8. The van der Waals surface area contributed by atoms with Crippen molar-refractivity contribution >= 4 is 12.0 Å². The third kappa shape index (κ3) is 4.81. The van der Waals surface area contributed by atoms with Crippen molar-refractivity contribution in [3.63, 3.8) is 0 Å². The number of halogens is 3. The Labute approximate surface area is 151 Å². The van der Waals surface area contributed by atoms with Crippen LogP contribution in [0.25, 0.3) is 0 Å². The fourth-order valence-electron chi connectivity index (χ4n) is 3.92. The average molecular weight is 380 g/mol. The molecule has 4 atom stereocenters. The van der Waals surface area contributed by atoms with Gasteiger partial charge in [0, 0.05) is 25.7 Å². The van der Waals surface area contributed by atoms with Crippen LogP contribution in [0, 0.1) is 17.8 Å². The van der Waals surface area contributed by atoms with Crippen LogP contribution in [0.15, 0.2) is 0 Å². The van der Waals surface area contributed by atoms with Gasteiger partial charge in [0.05, 0.1) is 17.9 Å². The van der Waals surface area contributed by atoms with Crippen molar-refractivity contribution in [3.05, 3.63) is 0 Å². The molecule has 0 aromatic carbocycles. The highest BCUT2D eigenvalue weighted by Crippen LogP contribution is 2.37. The molecule has 6 nitrogen and oxygen atoms in total. The van der Waals surface area contributed by atoms with Crippen molar-refractivity contribution in [1.82, 2.24) is 10.2 Å². The molecular formula is C17H27F3N2O4. The number of carboxylic acid groups (broad SMARTS) is 1. The predicted molar refractivity (Wildman–Crippen MR) is 87.6 cm³/mol. The molecule has 0 bridgehead atoms. The summed E-state index contributed by atoms with van der Waals surface area (Å²) >= 11 is 0. The first-order valence-electron chi connectivity index (χ1n) is 9.13. The van der Waals surface area contributed by atoms with Gasteiger partial charge in [0.25, 0.3) is 0 Å². The highest BCUT2D eigenvalue weighted by molar-refractivity contribution is 5.78. The molecule has 2 aliphatic heterocycles. The van der Waals surface area contributed by atoms with Gasteiger partial charge in [-0.3, -0.25) is 4.79 Å². The van der Waals surface area contributed by atoms with Gasteiger partial charge < -0.3 is 20.1 Å². The molecule has 0 spiro atoms. The Morgan fingerprint density at radius 2 is 1.92 bits per heavy atom. The Balaban J connectivity index is 1.96. The maximum Gasteiger partial charge on any atom is 0.394 e. The van der Waals surface area contributed by atoms with Gasteiger partial charge in [0.15, 0.2) is 0 Å². The quantitative estimate of drug-likeness (QED) is 0.769. The van der Waals surface area contributed by atoms with Gasteiger partial charge in [-0.05, 0) is 18.8 Å². The minimum Gasteiger partial charge on any atom is -0.481 e.